The molecule has 0 aromatic heterocycles. The van der Waals surface area contributed by atoms with Crippen LogP contribution in [0.15, 0.2) is 0 Å². The van der Waals surface area contributed by atoms with Crippen molar-refractivity contribution in [2.75, 3.05) is 12.8 Å². The molecule has 0 saturated carbocycles. The molecule has 0 fully saturated rings. The van der Waals surface area contributed by atoms with E-state index < -0.39 is 10.0 Å². The van der Waals surface area contributed by atoms with Crippen LogP contribution in [0.1, 0.15) is 80.5 Å². The maximum Gasteiger partial charge on any atom is 0.208 e. The number of hydrogen-bond donors (Lipinski definition) is 2. The maximum absolute atomic E-state index is 11.0. The first-order chi connectivity index (χ1) is 13.0. The Morgan fingerprint density at radius 3 is 2.25 bits per heavy atom. The minimum absolute atomic E-state index is 0.132. The Morgan fingerprint density at radius 1 is 1.00 bits per heavy atom. The summed E-state index contributed by atoms with van der Waals surface area (Å²) in [5, 5.41) is 10.3. The lowest BCUT2D eigenvalue weighted by Crippen LogP contribution is -2.37. The van der Waals surface area contributed by atoms with Gasteiger partial charge in [-0.1, -0.05) is 25.7 Å². The van der Waals surface area contributed by atoms with Gasteiger partial charge in [0.25, 0.3) is 0 Å². The summed E-state index contributed by atoms with van der Waals surface area (Å²) >= 11 is 0. The highest BCUT2D eigenvalue weighted by atomic mass is 32.2. The number of phenolic OH excluding ortho intramolecular Hbond substituents is 1. The van der Waals surface area contributed by atoms with Gasteiger partial charge in [-0.3, -0.25) is 0 Å². The Balaban J connectivity index is 1.75. The predicted octanol–water partition coefficient (Wildman–Crippen LogP) is 4.68. The third kappa shape index (κ3) is 6.11. The summed E-state index contributed by atoms with van der Waals surface area (Å²) in [7, 11) is -3.05. The molecule has 0 unspecified atom stereocenters. The van der Waals surface area contributed by atoms with Crippen LogP contribution in [0.2, 0.25) is 0 Å². The molecule has 28 heavy (non-hydrogen) atoms. The molecule has 1 heterocycles. The fourth-order valence-corrected chi connectivity index (χ4v) is 4.57. The number of unbranched alkanes of at least 4 members (excludes halogenated alkanes) is 5. The second-order valence-corrected chi connectivity index (χ2v) is 10.5. The summed E-state index contributed by atoms with van der Waals surface area (Å²) in [5.41, 5.74) is 3.98. The highest BCUT2D eigenvalue weighted by molar-refractivity contribution is 7.88. The first-order valence-electron chi connectivity index (χ1n) is 10.5. The SMILES string of the molecule is Cc1c(C)c2c(c(C)c1O)CC[C@@](C)(CCCCCCCCNS(C)(=O)=O)O2. The van der Waals surface area contributed by atoms with Crippen LogP contribution in [0.5, 0.6) is 11.5 Å². The van der Waals surface area contributed by atoms with Crippen molar-refractivity contribution in [1.82, 2.24) is 4.72 Å². The summed E-state index contributed by atoms with van der Waals surface area (Å²) in [6, 6.07) is 0. The van der Waals surface area contributed by atoms with Gasteiger partial charge in [-0.15, -0.1) is 0 Å². The summed E-state index contributed by atoms with van der Waals surface area (Å²) in [6.07, 6.45) is 10.8. The monoisotopic (exact) mass is 411 g/mol. The van der Waals surface area contributed by atoms with E-state index in [2.05, 4.69) is 11.6 Å². The summed E-state index contributed by atoms with van der Waals surface area (Å²) < 4.78 is 31.0. The number of ether oxygens (including phenoxy) is 1. The Labute approximate surface area is 170 Å². The van der Waals surface area contributed by atoms with Gasteiger partial charge in [0.15, 0.2) is 0 Å². The van der Waals surface area contributed by atoms with Gasteiger partial charge in [-0.2, -0.15) is 0 Å². The van der Waals surface area contributed by atoms with Crippen LogP contribution in [0, 0.1) is 20.8 Å². The van der Waals surface area contributed by atoms with Crippen LogP contribution in [0.4, 0.5) is 0 Å². The molecule has 1 aliphatic rings. The van der Waals surface area contributed by atoms with Crippen LogP contribution in [0.3, 0.4) is 0 Å². The average Bonchev–Trinajstić information content (AvgIpc) is 2.62. The Bertz CT molecular complexity index is 788. The zero-order valence-corrected chi connectivity index (χ0v) is 19.0. The molecule has 160 valence electrons. The molecule has 2 rings (SSSR count). The molecule has 0 aliphatic carbocycles. The van der Waals surface area contributed by atoms with Crippen LogP contribution in [-0.4, -0.2) is 31.9 Å². The third-order valence-corrected chi connectivity index (χ3v) is 6.82. The number of nitrogens with one attached hydrogen (secondary N) is 1. The van der Waals surface area contributed by atoms with E-state index in [-0.39, 0.29) is 5.60 Å². The van der Waals surface area contributed by atoms with E-state index in [1.165, 1.54) is 24.7 Å². The van der Waals surface area contributed by atoms with Crippen LogP contribution in [0.25, 0.3) is 0 Å². The van der Waals surface area contributed by atoms with E-state index in [9.17, 15) is 13.5 Å². The number of phenols is 1. The molecule has 1 aliphatic heterocycles. The Hall–Kier alpha value is -1.27. The summed E-state index contributed by atoms with van der Waals surface area (Å²) in [4.78, 5) is 0. The molecule has 0 bridgehead atoms. The molecule has 0 spiro atoms. The molecule has 0 saturated heterocycles. The average molecular weight is 412 g/mol. The number of aromatic hydroxyl groups is 1. The molecule has 0 amide bonds. The van der Waals surface area contributed by atoms with Crippen molar-refractivity contribution in [3.8, 4) is 11.5 Å². The van der Waals surface area contributed by atoms with Gasteiger partial charge in [-0.25, -0.2) is 13.1 Å². The largest absolute Gasteiger partial charge is 0.507 e. The van der Waals surface area contributed by atoms with Crippen molar-refractivity contribution in [3.63, 3.8) is 0 Å². The van der Waals surface area contributed by atoms with Gasteiger partial charge in [0.2, 0.25) is 10.0 Å². The molecule has 1 aromatic carbocycles. The van der Waals surface area contributed by atoms with Crippen molar-refractivity contribution >= 4 is 10.0 Å². The van der Waals surface area contributed by atoms with Gasteiger partial charge >= 0.3 is 0 Å². The van der Waals surface area contributed by atoms with E-state index in [1.807, 2.05) is 20.8 Å². The zero-order chi connectivity index (χ0) is 20.9. The lowest BCUT2D eigenvalue weighted by Gasteiger charge is -2.38. The van der Waals surface area contributed by atoms with Crippen molar-refractivity contribution in [3.05, 3.63) is 22.3 Å². The first kappa shape index (κ1) is 23.0. The fraction of sp³-hybridized carbons (Fsp3) is 0.727. The van der Waals surface area contributed by atoms with Gasteiger partial charge in [0.1, 0.15) is 17.1 Å². The van der Waals surface area contributed by atoms with E-state index in [4.69, 9.17) is 4.74 Å². The lowest BCUT2D eigenvalue weighted by molar-refractivity contribution is 0.0521. The lowest BCUT2D eigenvalue weighted by atomic mass is 9.84. The highest BCUT2D eigenvalue weighted by Gasteiger charge is 2.34. The minimum atomic E-state index is -3.05. The third-order valence-electron chi connectivity index (χ3n) is 6.09. The Kier molecular flexibility index (Phi) is 7.80. The fourth-order valence-electron chi connectivity index (χ4n) is 4.06. The van der Waals surface area contributed by atoms with E-state index >= 15 is 0 Å². The van der Waals surface area contributed by atoms with Crippen molar-refractivity contribution < 1.29 is 18.3 Å². The molecule has 5 nitrogen and oxygen atoms in total. The molecule has 0 radical (unpaired) electrons. The summed E-state index contributed by atoms with van der Waals surface area (Å²) in [6.45, 7) is 8.73. The normalized spacial score (nSPS) is 19.3. The van der Waals surface area contributed by atoms with Gasteiger partial charge in [0.05, 0.1) is 6.26 Å². The smallest absolute Gasteiger partial charge is 0.208 e. The number of benzene rings is 1. The van der Waals surface area contributed by atoms with E-state index in [0.29, 0.717) is 12.3 Å². The predicted molar refractivity (Wildman–Crippen MR) is 115 cm³/mol. The molecule has 1 aromatic rings. The molecular weight excluding hydrogens is 374 g/mol. The Morgan fingerprint density at radius 2 is 1.61 bits per heavy atom. The molecule has 6 heteroatoms. The van der Waals surface area contributed by atoms with Gasteiger partial charge in [-0.05, 0) is 76.5 Å². The van der Waals surface area contributed by atoms with E-state index in [1.54, 1.807) is 0 Å². The van der Waals surface area contributed by atoms with E-state index in [0.717, 1.165) is 67.4 Å². The first-order valence-corrected chi connectivity index (χ1v) is 12.4. The minimum Gasteiger partial charge on any atom is -0.507 e. The second kappa shape index (κ2) is 9.49. The zero-order valence-electron chi connectivity index (χ0n) is 18.2. The van der Waals surface area contributed by atoms with Gasteiger partial charge < -0.3 is 9.84 Å². The number of fused-ring (bicyclic) bond motifs is 1. The van der Waals surface area contributed by atoms with Crippen LogP contribution < -0.4 is 9.46 Å². The van der Waals surface area contributed by atoms with Crippen molar-refractivity contribution in [1.29, 1.82) is 0 Å². The highest BCUT2D eigenvalue weighted by Crippen LogP contribution is 2.44. The van der Waals surface area contributed by atoms with Crippen LogP contribution in [-0.2, 0) is 16.4 Å². The second-order valence-electron chi connectivity index (χ2n) is 8.62. The molecule has 2 N–H and O–H groups in total. The number of hydrogen-bond acceptors (Lipinski definition) is 4. The van der Waals surface area contributed by atoms with Crippen molar-refractivity contribution in [2.24, 2.45) is 0 Å². The maximum atomic E-state index is 11.0. The van der Waals surface area contributed by atoms with Crippen molar-refractivity contribution in [2.45, 2.75) is 91.1 Å². The molecule has 1 atom stereocenters. The van der Waals surface area contributed by atoms with Gasteiger partial charge in [0, 0.05) is 12.1 Å². The topological polar surface area (TPSA) is 75.6 Å². The van der Waals surface area contributed by atoms with Crippen LogP contribution >= 0.6 is 0 Å². The standard InChI is InChI=1S/C22H37NO4S/c1-16-17(2)21-19(18(3)20(16)24)12-14-22(4,27-21)13-10-8-6-7-9-11-15-23-28(5,25)26/h23-24H,6-15H2,1-5H3/t22-/m1/s1. The quantitative estimate of drug-likeness (QED) is 0.548. The number of sulfonamides is 1. The molecular formula is C22H37NO4S. The summed E-state index contributed by atoms with van der Waals surface area (Å²) in [5.74, 6) is 1.40. The number of rotatable bonds is 10.